The van der Waals surface area contributed by atoms with Gasteiger partial charge < -0.3 is 4.74 Å². The number of thiocarbonyl (C=S) groups is 1. The lowest BCUT2D eigenvalue weighted by atomic mass is 10.1. The van der Waals surface area contributed by atoms with E-state index in [1.807, 2.05) is 25.1 Å². The van der Waals surface area contributed by atoms with E-state index >= 15 is 0 Å². The van der Waals surface area contributed by atoms with Gasteiger partial charge in [0.05, 0.1) is 7.11 Å². The first-order valence-electron chi connectivity index (χ1n) is 3.37. The van der Waals surface area contributed by atoms with E-state index in [2.05, 4.69) is 0 Å². The molecular formula is C9H10OS. The molecule has 0 unspecified atom stereocenters. The van der Waals surface area contributed by atoms with Gasteiger partial charge in [0, 0.05) is 5.37 Å². The Kier molecular flexibility index (Phi) is 2.60. The van der Waals surface area contributed by atoms with Gasteiger partial charge in [0.2, 0.25) is 0 Å². The van der Waals surface area contributed by atoms with Crippen molar-refractivity contribution in [2.24, 2.45) is 0 Å². The molecule has 11 heavy (non-hydrogen) atoms. The summed E-state index contributed by atoms with van der Waals surface area (Å²) < 4.78 is 5.10. The fourth-order valence-electron chi connectivity index (χ4n) is 0.975. The summed E-state index contributed by atoms with van der Waals surface area (Å²) >= 11 is 4.79. The van der Waals surface area contributed by atoms with Gasteiger partial charge in [0.1, 0.15) is 5.75 Å². The number of ether oxygens (including phenoxy) is 1. The zero-order valence-electron chi connectivity index (χ0n) is 6.63. The van der Waals surface area contributed by atoms with Gasteiger partial charge >= 0.3 is 0 Å². The summed E-state index contributed by atoms with van der Waals surface area (Å²) in [5, 5.41) is 1.66. The molecule has 1 aromatic rings. The Bertz CT molecular complexity index is 268. The molecule has 0 amide bonds. The van der Waals surface area contributed by atoms with Crippen LogP contribution in [0.3, 0.4) is 0 Å². The quantitative estimate of drug-likeness (QED) is 0.624. The molecule has 0 saturated carbocycles. The standard InChI is InChI=1S/C9H10OS/c1-7-5-8(6-11)3-4-9(7)10-2/h3-6H,1-2H3. The number of hydrogen-bond acceptors (Lipinski definition) is 2. The Morgan fingerprint density at radius 1 is 1.45 bits per heavy atom. The second-order valence-electron chi connectivity index (χ2n) is 2.35. The maximum atomic E-state index is 5.10. The molecule has 0 radical (unpaired) electrons. The number of rotatable bonds is 2. The van der Waals surface area contributed by atoms with Gasteiger partial charge in [-0.05, 0) is 30.2 Å². The van der Waals surface area contributed by atoms with Gasteiger partial charge in [0.15, 0.2) is 0 Å². The molecule has 0 aliphatic rings. The molecule has 0 spiro atoms. The van der Waals surface area contributed by atoms with Crippen molar-refractivity contribution in [3.8, 4) is 5.75 Å². The van der Waals surface area contributed by atoms with Crippen LogP contribution in [-0.2, 0) is 0 Å². The Labute approximate surface area is 72.0 Å². The van der Waals surface area contributed by atoms with Crippen LogP contribution in [-0.4, -0.2) is 12.5 Å². The zero-order valence-corrected chi connectivity index (χ0v) is 7.44. The van der Waals surface area contributed by atoms with E-state index in [9.17, 15) is 0 Å². The fraction of sp³-hybridized carbons (Fsp3) is 0.222. The lowest BCUT2D eigenvalue weighted by Crippen LogP contribution is -1.88. The van der Waals surface area contributed by atoms with E-state index in [0.717, 1.165) is 16.9 Å². The first-order chi connectivity index (χ1) is 5.27. The van der Waals surface area contributed by atoms with Crippen LogP contribution in [0.1, 0.15) is 11.1 Å². The second-order valence-corrected chi connectivity index (χ2v) is 2.58. The largest absolute Gasteiger partial charge is 0.496 e. The van der Waals surface area contributed by atoms with Crippen LogP contribution in [0, 0.1) is 6.92 Å². The topological polar surface area (TPSA) is 9.23 Å². The summed E-state index contributed by atoms with van der Waals surface area (Å²) in [6, 6.07) is 5.87. The van der Waals surface area contributed by atoms with Crippen molar-refractivity contribution in [3.63, 3.8) is 0 Å². The summed E-state index contributed by atoms with van der Waals surface area (Å²) in [7, 11) is 1.67. The molecule has 0 N–H and O–H groups in total. The molecule has 0 bridgehead atoms. The minimum atomic E-state index is 0.908. The number of aryl methyl sites for hydroxylation is 1. The molecule has 58 valence electrons. The number of hydrogen-bond donors (Lipinski definition) is 0. The molecule has 0 atom stereocenters. The third kappa shape index (κ3) is 1.77. The highest BCUT2D eigenvalue weighted by Gasteiger charge is 1.96. The van der Waals surface area contributed by atoms with E-state index < -0.39 is 0 Å². The minimum absolute atomic E-state index is 0.908. The van der Waals surface area contributed by atoms with Gasteiger partial charge in [-0.3, -0.25) is 0 Å². The summed E-state index contributed by atoms with van der Waals surface area (Å²) in [5.74, 6) is 0.908. The second kappa shape index (κ2) is 3.49. The Hall–Kier alpha value is -0.890. The maximum Gasteiger partial charge on any atom is 0.121 e. The molecule has 0 aromatic heterocycles. The predicted octanol–water partition coefficient (Wildman–Crippen LogP) is 2.35. The van der Waals surface area contributed by atoms with Crippen LogP contribution in [0.4, 0.5) is 0 Å². The van der Waals surface area contributed by atoms with Gasteiger partial charge in [-0.1, -0.05) is 18.3 Å². The smallest absolute Gasteiger partial charge is 0.121 e. The van der Waals surface area contributed by atoms with Gasteiger partial charge in [-0.25, -0.2) is 0 Å². The normalized spacial score (nSPS) is 9.27. The first kappa shape index (κ1) is 8.21. The molecule has 0 aliphatic heterocycles. The Balaban J connectivity index is 3.09. The Morgan fingerprint density at radius 2 is 2.18 bits per heavy atom. The number of benzene rings is 1. The van der Waals surface area contributed by atoms with Crippen molar-refractivity contribution in [3.05, 3.63) is 29.3 Å². The predicted molar refractivity (Wildman–Crippen MR) is 50.5 cm³/mol. The van der Waals surface area contributed by atoms with Crippen molar-refractivity contribution >= 4 is 17.6 Å². The van der Waals surface area contributed by atoms with E-state index in [-0.39, 0.29) is 0 Å². The van der Waals surface area contributed by atoms with Crippen LogP contribution in [0.15, 0.2) is 18.2 Å². The summed E-state index contributed by atoms with van der Waals surface area (Å²) in [6.45, 7) is 2.00. The molecule has 2 heteroatoms. The molecule has 0 saturated heterocycles. The van der Waals surface area contributed by atoms with Crippen LogP contribution in [0.25, 0.3) is 0 Å². The maximum absolute atomic E-state index is 5.10. The van der Waals surface area contributed by atoms with Crippen LogP contribution < -0.4 is 4.74 Å². The van der Waals surface area contributed by atoms with E-state index in [0.29, 0.717) is 0 Å². The highest BCUT2D eigenvalue weighted by Crippen LogP contribution is 2.17. The van der Waals surface area contributed by atoms with Crippen LogP contribution in [0.5, 0.6) is 5.75 Å². The molecule has 0 heterocycles. The SMILES string of the molecule is COc1ccc(C=S)cc1C. The fourth-order valence-corrected chi connectivity index (χ4v) is 1.12. The molecule has 1 nitrogen and oxygen atoms in total. The van der Waals surface area contributed by atoms with Gasteiger partial charge in [-0.2, -0.15) is 0 Å². The monoisotopic (exact) mass is 166 g/mol. The van der Waals surface area contributed by atoms with Gasteiger partial charge in [0.25, 0.3) is 0 Å². The average Bonchev–Trinajstić information content (AvgIpc) is 2.04. The third-order valence-electron chi connectivity index (χ3n) is 1.55. The van der Waals surface area contributed by atoms with E-state index in [1.54, 1.807) is 12.5 Å². The molecule has 1 aromatic carbocycles. The van der Waals surface area contributed by atoms with Crippen molar-refractivity contribution < 1.29 is 4.74 Å². The summed E-state index contributed by atoms with van der Waals surface area (Å²) in [5.41, 5.74) is 2.17. The van der Waals surface area contributed by atoms with Gasteiger partial charge in [-0.15, -0.1) is 0 Å². The zero-order chi connectivity index (χ0) is 8.27. The van der Waals surface area contributed by atoms with Crippen molar-refractivity contribution in [1.29, 1.82) is 0 Å². The number of methoxy groups -OCH3 is 1. The molecule has 0 fully saturated rings. The average molecular weight is 166 g/mol. The third-order valence-corrected chi connectivity index (χ3v) is 1.83. The summed E-state index contributed by atoms with van der Waals surface area (Å²) in [6.07, 6.45) is 0. The molecule has 1 rings (SSSR count). The van der Waals surface area contributed by atoms with Crippen molar-refractivity contribution in [2.45, 2.75) is 6.92 Å². The highest BCUT2D eigenvalue weighted by molar-refractivity contribution is 7.79. The van der Waals surface area contributed by atoms with Crippen LogP contribution >= 0.6 is 12.2 Å². The van der Waals surface area contributed by atoms with Crippen molar-refractivity contribution in [2.75, 3.05) is 7.11 Å². The molecular weight excluding hydrogens is 156 g/mol. The van der Waals surface area contributed by atoms with E-state index in [1.165, 1.54) is 0 Å². The Morgan fingerprint density at radius 3 is 2.64 bits per heavy atom. The lowest BCUT2D eigenvalue weighted by Gasteiger charge is -2.03. The van der Waals surface area contributed by atoms with E-state index in [4.69, 9.17) is 17.0 Å². The summed E-state index contributed by atoms with van der Waals surface area (Å²) in [4.78, 5) is 0. The lowest BCUT2D eigenvalue weighted by molar-refractivity contribution is 0.411. The minimum Gasteiger partial charge on any atom is -0.496 e. The van der Waals surface area contributed by atoms with Crippen LogP contribution in [0.2, 0.25) is 0 Å². The molecule has 0 aliphatic carbocycles. The first-order valence-corrected chi connectivity index (χ1v) is 3.85. The van der Waals surface area contributed by atoms with Crippen molar-refractivity contribution in [1.82, 2.24) is 0 Å². The highest BCUT2D eigenvalue weighted by atomic mass is 32.1.